The van der Waals surface area contributed by atoms with E-state index >= 15 is 0 Å². The number of hydrogen-bond acceptors (Lipinski definition) is 5. The predicted octanol–water partition coefficient (Wildman–Crippen LogP) is 3.39. The van der Waals surface area contributed by atoms with Crippen molar-refractivity contribution in [3.8, 4) is 22.5 Å². The summed E-state index contributed by atoms with van der Waals surface area (Å²) in [7, 11) is 1.95. The highest BCUT2D eigenvalue weighted by Crippen LogP contribution is 2.37. The average molecular weight is 409 g/mol. The number of hydrogen-bond donors (Lipinski definition) is 1. The smallest absolute Gasteiger partial charge is 0.200 e. The zero-order valence-corrected chi connectivity index (χ0v) is 17.1. The maximum atomic E-state index is 4.53. The topological polar surface area (TPSA) is 77.3 Å². The number of aryl methyl sites for hydroxylation is 1. The summed E-state index contributed by atoms with van der Waals surface area (Å²) in [6, 6.07) is 15.0. The molecule has 8 nitrogen and oxygen atoms in total. The number of imidazole rings is 1. The number of rotatable bonds is 5. The van der Waals surface area contributed by atoms with Crippen LogP contribution < -0.4 is 10.1 Å². The molecule has 0 spiro atoms. The summed E-state index contributed by atoms with van der Waals surface area (Å²) in [6.45, 7) is 0. The molecular formula is C23H21N8+. The summed E-state index contributed by atoms with van der Waals surface area (Å²) in [6.07, 6.45) is 11.9. The summed E-state index contributed by atoms with van der Waals surface area (Å²) >= 11 is 0. The first-order valence-electron chi connectivity index (χ1n) is 10.3. The minimum absolute atomic E-state index is 0.545. The standard InChI is InChI=1S/C23H21N8/c1-29-14-25-21-12-18(13-24-23(21)29)16-7-9-30(10-8-16)28-19-4-2-3-17(11-19)22-27-26-15-31(22)20-5-6-20/h2-4,7-15,20,28H,5-6H2,1H3/q+1. The lowest BCUT2D eigenvalue weighted by molar-refractivity contribution is -0.642. The third-order valence-electron chi connectivity index (χ3n) is 5.61. The van der Waals surface area contributed by atoms with Gasteiger partial charge in [-0.15, -0.1) is 10.2 Å². The SMILES string of the molecule is Cn1cnc2cc(-c3cc[n+](Nc4cccc(-c5nncn5C5CC5)c4)cc3)cnc21. The van der Waals surface area contributed by atoms with Crippen molar-refractivity contribution in [3.63, 3.8) is 0 Å². The van der Waals surface area contributed by atoms with Gasteiger partial charge >= 0.3 is 0 Å². The average Bonchev–Trinajstić information content (AvgIpc) is 3.41. The number of fused-ring (bicyclic) bond motifs is 1. The van der Waals surface area contributed by atoms with Gasteiger partial charge in [0.1, 0.15) is 11.8 Å². The maximum Gasteiger partial charge on any atom is 0.200 e. The zero-order valence-electron chi connectivity index (χ0n) is 17.1. The molecule has 0 atom stereocenters. The van der Waals surface area contributed by atoms with Crippen LogP contribution in [-0.2, 0) is 7.05 Å². The van der Waals surface area contributed by atoms with Crippen LogP contribution >= 0.6 is 0 Å². The maximum absolute atomic E-state index is 4.53. The molecule has 0 bridgehead atoms. The van der Waals surface area contributed by atoms with E-state index in [0.29, 0.717) is 6.04 Å². The molecule has 1 aliphatic carbocycles. The van der Waals surface area contributed by atoms with Crippen LogP contribution in [0.5, 0.6) is 0 Å². The van der Waals surface area contributed by atoms with Crippen LogP contribution in [0, 0.1) is 0 Å². The number of nitrogens with one attached hydrogen (secondary N) is 1. The summed E-state index contributed by atoms with van der Waals surface area (Å²) in [5.41, 5.74) is 9.36. The molecule has 0 saturated heterocycles. The van der Waals surface area contributed by atoms with Gasteiger partial charge in [0.2, 0.25) is 0 Å². The van der Waals surface area contributed by atoms with Gasteiger partial charge in [0.05, 0.1) is 12.0 Å². The Balaban J connectivity index is 1.24. The van der Waals surface area contributed by atoms with E-state index in [-0.39, 0.29) is 0 Å². The van der Waals surface area contributed by atoms with Crippen molar-refractivity contribution in [2.45, 2.75) is 18.9 Å². The van der Waals surface area contributed by atoms with E-state index in [0.717, 1.165) is 39.4 Å². The van der Waals surface area contributed by atoms with Crippen LogP contribution in [0.3, 0.4) is 0 Å². The molecule has 31 heavy (non-hydrogen) atoms. The molecule has 1 saturated carbocycles. The first-order chi connectivity index (χ1) is 15.2. The van der Waals surface area contributed by atoms with Gasteiger partial charge in [0.25, 0.3) is 0 Å². The lowest BCUT2D eigenvalue weighted by Crippen LogP contribution is -2.41. The second kappa shape index (κ2) is 7.02. The fourth-order valence-corrected chi connectivity index (χ4v) is 3.81. The number of nitrogens with zero attached hydrogens (tertiary/aromatic N) is 7. The molecule has 1 fully saturated rings. The van der Waals surface area contributed by atoms with Gasteiger partial charge in [-0.2, -0.15) is 5.43 Å². The normalized spacial score (nSPS) is 13.6. The Labute approximate surface area is 178 Å². The second-order valence-electron chi connectivity index (χ2n) is 7.90. The van der Waals surface area contributed by atoms with Gasteiger partial charge in [0, 0.05) is 42.5 Å². The van der Waals surface area contributed by atoms with Crippen molar-refractivity contribution in [1.29, 1.82) is 0 Å². The minimum atomic E-state index is 0.545. The third-order valence-corrected chi connectivity index (χ3v) is 5.61. The highest BCUT2D eigenvalue weighted by atomic mass is 15.4. The summed E-state index contributed by atoms with van der Waals surface area (Å²) in [5.74, 6) is 0.920. The van der Waals surface area contributed by atoms with Crippen molar-refractivity contribution in [1.82, 2.24) is 29.3 Å². The Hall–Kier alpha value is -4.07. The van der Waals surface area contributed by atoms with Crippen LogP contribution in [0.1, 0.15) is 18.9 Å². The van der Waals surface area contributed by atoms with Crippen LogP contribution in [0.2, 0.25) is 0 Å². The number of anilines is 1. The largest absolute Gasteiger partial charge is 0.318 e. The molecule has 1 aliphatic rings. The van der Waals surface area contributed by atoms with Crippen LogP contribution in [0.15, 0.2) is 73.7 Å². The fourth-order valence-electron chi connectivity index (χ4n) is 3.81. The Morgan fingerprint density at radius 1 is 0.968 bits per heavy atom. The van der Waals surface area contributed by atoms with Crippen molar-refractivity contribution in [2.75, 3.05) is 5.43 Å². The third kappa shape index (κ3) is 3.31. The van der Waals surface area contributed by atoms with Gasteiger partial charge < -0.3 is 9.13 Å². The van der Waals surface area contributed by atoms with Gasteiger partial charge in [-0.25, -0.2) is 9.97 Å². The van der Waals surface area contributed by atoms with Gasteiger partial charge in [0.15, 0.2) is 23.9 Å². The Kier molecular flexibility index (Phi) is 4.02. The van der Waals surface area contributed by atoms with E-state index in [1.807, 2.05) is 53.3 Å². The lowest BCUT2D eigenvalue weighted by Gasteiger charge is -2.07. The van der Waals surface area contributed by atoms with E-state index in [9.17, 15) is 0 Å². The Morgan fingerprint density at radius 2 is 1.84 bits per heavy atom. The summed E-state index contributed by atoms with van der Waals surface area (Å²) in [5, 5.41) is 8.44. The Bertz CT molecular complexity index is 1380. The monoisotopic (exact) mass is 409 g/mol. The summed E-state index contributed by atoms with van der Waals surface area (Å²) < 4.78 is 6.03. The highest BCUT2D eigenvalue weighted by molar-refractivity contribution is 5.77. The van der Waals surface area contributed by atoms with Crippen LogP contribution in [-0.4, -0.2) is 29.3 Å². The first kappa shape index (κ1) is 17.8. The highest BCUT2D eigenvalue weighted by Gasteiger charge is 2.26. The summed E-state index contributed by atoms with van der Waals surface area (Å²) in [4.78, 5) is 8.93. The van der Waals surface area contributed by atoms with Crippen molar-refractivity contribution in [3.05, 3.63) is 73.7 Å². The first-order valence-corrected chi connectivity index (χ1v) is 10.3. The van der Waals surface area contributed by atoms with Crippen molar-refractivity contribution >= 4 is 16.9 Å². The number of aromatic nitrogens is 7. The molecule has 6 rings (SSSR count). The van der Waals surface area contributed by atoms with Gasteiger partial charge in [-0.1, -0.05) is 16.8 Å². The number of pyridine rings is 2. The molecule has 1 aromatic carbocycles. The molecule has 0 aliphatic heterocycles. The molecule has 4 heterocycles. The van der Waals surface area contributed by atoms with E-state index in [1.54, 1.807) is 6.33 Å². The molecule has 0 amide bonds. The van der Waals surface area contributed by atoms with E-state index in [1.165, 1.54) is 12.8 Å². The van der Waals surface area contributed by atoms with E-state index in [4.69, 9.17) is 0 Å². The van der Waals surface area contributed by atoms with Gasteiger partial charge in [-0.3, -0.25) is 0 Å². The molecule has 5 aromatic rings. The van der Waals surface area contributed by atoms with Crippen molar-refractivity contribution in [2.24, 2.45) is 7.05 Å². The molecule has 0 radical (unpaired) electrons. The van der Waals surface area contributed by atoms with E-state index < -0.39 is 0 Å². The molecule has 0 unspecified atom stereocenters. The van der Waals surface area contributed by atoms with E-state index in [2.05, 4.69) is 60.5 Å². The minimum Gasteiger partial charge on any atom is -0.318 e. The molecule has 4 aromatic heterocycles. The van der Waals surface area contributed by atoms with Gasteiger partial charge in [-0.05, 0) is 36.6 Å². The lowest BCUT2D eigenvalue weighted by atomic mass is 10.1. The zero-order chi connectivity index (χ0) is 20.8. The van der Waals surface area contributed by atoms with Crippen molar-refractivity contribution < 1.29 is 4.68 Å². The molecule has 8 heteroatoms. The second-order valence-corrected chi connectivity index (χ2v) is 7.90. The fraction of sp³-hybridized carbons (Fsp3) is 0.174. The predicted molar refractivity (Wildman–Crippen MR) is 117 cm³/mol. The molecule has 152 valence electrons. The quantitative estimate of drug-likeness (QED) is 0.450. The van der Waals surface area contributed by atoms with Crippen LogP contribution in [0.4, 0.5) is 5.69 Å². The molecule has 1 N–H and O–H groups in total. The number of benzene rings is 1. The molecular weight excluding hydrogens is 388 g/mol. The van der Waals surface area contributed by atoms with Crippen LogP contribution in [0.25, 0.3) is 33.7 Å². The Morgan fingerprint density at radius 3 is 2.68 bits per heavy atom.